The quantitative estimate of drug-likeness (QED) is 0.515. The number of hydrogen-bond donors (Lipinski definition) is 0. The van der Waals surface area contributed by atoms with Gasteiger partial charge in [0.1, 0.15) is 0 Å². The summed E-state index contributed by atoms with van der Waals surface area (Å²) in [4.78, 5) is 32.9. The second kappa shape index (κ2) is 6.57. The van der Waals surface area contributed by atoms with Gasteiger partial charge in [-0.15, -0.1) is 0 Å². The Bertz CT molecular complexity index is 919. The van der Waals surface area contributed by atoms with Crippen molar-refractivity contribution in [1.82, 2.24) is 15.0 Å². The lowest BCUT2D eigenvalue weighted by Crippen LogP contribution is -1.98. The molecule has 0 aliphatic carbocycles. The van der Waals surface area contributed by atoms with Crippen molar-refractivity contribution in [2.45, 2.75) is 0 Å². The van der Waals surface area contributed by atoms with Crippen LogP contribution in [0.25, 0.3) is 22.8 Å². The standard InChI is InChI=1S/C15H8ClN5O4/c16-15-18-13(9-3-1-5-11(7-9)20(22)23)17-14(19-15)10-4-2-6-12(8-10)21(24)25/h1-8H. The molecule has 0 saturated carbocycles. The highest BCUT2D eigenvalue weighted by Crippen LogP contribution is 2.26. The van der Waals surface area contributed by atoms with E-state index >= 15 is 0 Å². The fraction of sp³-hybridized carbons (Fsp3) is 0. The third-order valence-electron chi connectivity index (χ3n) is 3.24. The third-order valence-corrected chi connectivity index (χ3v) is 3.41. The maximum absolute atomic E-state index is 10.9. The van der Waals surface area contributed by atoms with Crippen LogP contribution in [0.1, 0.15) is 0 Å². The van der Waals surface area contributed by atoms with E-state index in [1.54, 1.807) is 12.1 Å². The van der Waals surface area contributed by atoms with Crippen LogP contribution in [0.3, 0.4) is 0 Å². The summed E-state index contributed by atoms with van der Waals surface area (Å²) in [6, 6.07) is 11.5. The normalized spacial score (nSPS) is 10.4. The van der Waals surface area contributed by atoms with Gasteiger partial charge in [-0.25, -0.2) is 4.98 Å². The van der Waals surface area contributed by atoms with Gasteiger partial charge in [-0.05, 0) is 11.6 Å². The molecule has 0 amide bonds. The van der Waals surface area contributed by atoms with Gasteiger partial charge in [0.05, 0.1) is 9.85 Å². The summed E-state index contributed by atoms with van der Waals surface area (Å²) in [6.07, 6.45) is 0. The smallest absolute Gasteiger partial charge is 0.258 e. The lowest BCUT2D eigenvalue weighted by atomic mass is 10.1. The highest BCUT2D eigenvalue weighted by atomic mass is 35.5. The Morgan fingerprint density at radius 3 is 1.60 bits per heavy atom. The molecule has 124 valence electrons. The Hall–Kier alpha value is -3.46. The van der Waals surface area contributed by atoms with Crippen molar-refractivity contribution >= 4 is 23.0 Å². The van der Waals surface area contributed by atoms with Crippen LogP contribution in [0.5, 0.6) is 0 Å². The molecule has 0 aliphatic heterocycles. The molecular formula is C15H8ClN5O4. The van der Waals surface area contributed by atoms with Crippen molar-refractivity contribution in [3.63, 3.8) is 0 Å². The number of benzene rings is 2. The summed E-state index contributed by atoms with van der Waals surface area (Å²) in [5.74, 6) is 0.260. The van der Waals surface area contributed by atoms with Crippen LogP contribution < -0.4 is 0 Å². The van der Waals surface area contributed by atoms with E-state index < -0.39 is 9.85 Å². The first kappa shape index (κ1) is 16.4. The van der Waals surface area contributed by atoms with E-state index in [1.807, 2.05) is 0 Å². The Kier molecular flexibility index (Phi) is 4.31. The molecule has 0 radical (unpaired) electrons. The topological polar surface area (TPSA) is 125 Å². The first-order chi connectivity index (χ1) is 11.9. The zero-order valence-corrected chi connectivity index (χ0v) is 13.1. The molecule has 0 fully saturated rings. The highest BCUT2D eigenvalue weighted by Gasteiger charge is 2.14. The van der Waals surface area contributed by atoms with Crippen molar-refractivity contribution in [1.29, 1.82) is 0 Å². The van der Waals surface area contributed by atoms with Gasteiger partial charge in [-0.2, -0.15) is 9.97 Å². The van der Waals surface area contributed by atoms with Crippen molar-refractivity contribution in [2.24, 2.45) is 0 Å². The van der Waals surface area contributed by atoms with Gasteiger partial charge in [-0.3, -0.25) is 20.2 Å². The molecule has 3 aromatic rings. The molecule has 0 N–H and O–H groups in total. The van der Waals surface area contributed by atoms with E-state index in [4.69, 9.17) is 11.6 Å². The minimum absolute atomic E-state index is 0.120. The highest BCUT2D eigenvalue weighted by molar-refractivity contribution is 6.28. The summed E-state index contributed by atoms with van der Waals surface area (Å²) in [6.45, 7) is 0. The predicted molar refractivity (Wildman–Crippen MR) is 89.0 cm³/mol. The first-order valence-corrected chi connectivity index (χ1v) is 7.23. The second-order valence-electron chi connectivity index (χ2n) is 4.87. The van der Waals surface area contributed by atoms with E-state index in [0.29, 0.717) is 11.1 Å². The first-order valence-electron chi connectivity index (χ1n) is 6.85. The molecule has 0 aliphatic rings. The summed E-state index contributed by atoms with van der Waals surface area (Å²) in [5, 5.41) is 21.7. The van der Waals surface area contributed by atoms with E-state index in [0.717, 1.165) is 0 Å². The van der Waals surface area contributed by atoms with E-state index in [1.165, 1.54) is 36.4 Å². The largest absolute Gasteiger partial charge is 0.270 e. The van der Waals surface area contributed by atoms with Crippen molar-refractivity contribution in [3.8, 4) is 22.8 Å². The molecule has 0 bridgehead atoms. The number of halogens is 1. The number of nitrogens with zero attached hydrogens (tertiary/aromatic N) is 5. The number of non-ortho nitro benzene ring substituents is 2. The van der Waals surface area contributed by atoms with Gasteiger partial charge in [0.2, 0.25) is 5.28 Å². The molecule has 1 heterocycles. The summed E-state index contributed by atoms with van der Waals surface area (Å²) < 4.78 is 0. The number of rotatable bonds is 4. The maximum atomic E-state index is 10.9. The summed E-state index contributed by atoms with van der Waals surface area (Å²) >= 11 is 5.92. The lowest BCUT2D eigenvalue weighted by molar-refractivity contribution is -0.385. The molecular weight excluding hydrogens is 350 g/mol. The minimum atomic E-state index is -0.534. The van der Waals surface area contributed by atoms with Crippen LogP contribution in [0, 0.1) is 20.2 Å². The molecule has 25 heavy (non-hydrogen) atoms. The molecule has 9 nitrogen and oxygen atoms in total. The molecule has 2 aromatic carbocycles. The van der Waals surface area contributed by atoms with Crippen LogP contribution in [0.15, 0.2) is 48.5 Å². The molecule has 3 rings (SSSR count). The fourth-order valence-electron chi connectivity index (χ4n) is 2.13. The Morgan fingerprint density at radius 1 is 0.760 bits per heavy atom. The van der Waals surface area contributed by atoms with Gasteiger partial charge in [-0.1, -0.05) is 24.3 Å². The lowest BCUT2D eigenvalue weighted by Gasteiger charge is -2.05. The van der Waals surface area contributed by atoms with E-state index in [9.17, 15) is 20.2 Å². The summed E-state index contributed by atoms with van der Waals surface area (Å²) in [5.41, 5.74) is 0.521. The minimum Gasteiger partial charge on any atom is -0.258 e. The predicted octanol–water partition coefficient (Wildman–Crippen LogP) is 3.68. The number of hydrogen-bond acceptors (Lipinski definition) is 7. The van der Waals surface area contributed by atoms with Crippen molar-refractivity contribution in [3.05, 3.63) is 74.0 Å². The molecule has 10 heteroatoms. The molecule has 1 aromatic heterocycles. The maximum Gasteiger partial charge on any atom is 0.270 e. The van der Waals surface area contributed by atoms with Gasteiger partial charge in [0, 0.05) is 35.4 Å². The average Bonchev–Trinajstić information content (AvgIpc) is 2.61. The average molecular weight is 358 g/mol. The van der Waals surface area contributed by atoms with E-state index in [-0.39, 0.29) is 28.3 Å². The van der Waals surface area contributed by atoms with Crippen LogP contribution in [0.4, 0.5) is 11.4 Å². The van der Waals surface area contributed by atoms with Crippen LogP contribution in [0.2, 0.25) is 5.28 Å². The Balaban J connectivity index is 2.10. The van der Waals surface area contributed by atoms with Crippen molar-refractivity contribution in [2.75, 3.05) is 0 Å². The van der Waals surface area contributed by atoms with Gasteiger partial charge < -0.3 is 0 Å². The molecule has 0 unspecified atom stereocenters. The Labute approximate surface area is 145 Å². The monoisotopic (exact) mass is 357 g/mol. The SMILES string of the molecule is O=[N+]([O-])c1cccc(-c2nc(Cl)nc(-c3cccc([N+](=O)[O-])c3)n2)c1. The van der Waals surface area contributed by atoms with Crippen LogP contribution in [-0.2, 0) is 0 Å². The zero-order valence-electron chi connectivity index (χ0n) is 12.4. The summed E-state index contributed by atoms with van der Waals surface area (Å²) in [7, 11) is 0. The number of aromatic nitrogens is 3. The van der Waals surface area contributed by atoms with Gasteiger partial charge >= 0.3 is 0 Å². The Morgan fingerprint density at radius 2 is 1.20 bits per heavy atom. The molecule has 0 saturated heterocycles. The second-order valence-corrected chi connectivity index (χ2v) is 5.20. The van der Waals surface area contributed by atoms with Crippen LogP contribution >= 0.6 is 11.6 Å². The molecule has 0 atom stereocenters. The zero-order chi connectivity index (χ0) is 18.0. The van der Waals surface area contributed by atoms with Crippen molar-refractivity contribution < 1.29 is 9.85 Å². The van der Waals surface area contributed by atoms with Gasteiger partial charge in [0.15, 0.2) is 11.6 Å². The fourth-order valence-corrected chi connectivity index (χ4v) is 2.29. The van der Waals surface area contributed by atoms with Crippen LogP contribution in [-0.4, -0.2) is 24.8 Å². The third kappa shape index (κ3) is 3.56. The van der Waals surface area contributed by atoms with Gasteiger partial charge in [0.25, 0.3) is 11.4 Å². The number of nitro groups is 2. The molecule has 0 spiro atoms. The number of nitro benzene ring substituents is 2. The van der Waals surface area contributed by atoms with E-state index in [2.05, 4.69) is 15.0 Å².